The molecule has 8 nitrogen and oxygen atoms in total. The second kappa shape index (κ2) is 9.82. The predicted molar refractivity (Wildman–Crippen MR) is 130 cm³/mol. The highest BCUT2D eigenvalue weighted by atomic mass is 32.2. The Morgan fingerprint density at radius 3 is 2.21 bits per heavy atom. The number of sulfonamides is 2. The van der Waals surface area contributed by atoms with E-state index >= 15 is 0 Å². The summed E-state index contributed by atoms with van der Waals surface area (Å²) in [6.45, 7) is 2.98. The van der Waals surface area contributed by atoms with Gasteiger partial charge in [-0.05, 0) is 67.4 Å². The number of nitrogens with zero attached hydrogens (tertiary/aromatic N) is 1. The molecule has 180 valence electrons. The number of hydrogen-bond donors (Lipinski definition) is 2. The lowest BCUT2D eigenvalue weighted by Gasteiger charge is -2.22. The van der Waals surface area contributed by atoms with E-state index in [1.165, 1.54) is 42.5 Å². The topological polar surface area (TPSA) is 113 Å². The van der Waals surface area contributed by atoms with E-state index in [9.17, 15) is 26.0 Å². The van der Waals surface area contributed by atoms with Crippen molar-refractivity contribution < 1.29 is 26.0 Å². The molecule has 0 bridgehead atoms. The molecular weight excluding hydrogens is 481 g/mol. The Bertz CT molecular complexity index is 1420. The Morgan fingerprint density at radius 2 is 1.59 bits per heavy atom. The van der Waals surface area contributed by atoms with E-state index < -0.39 is 38.3 Å². The lowest BCUT2D eigenvalue weighted by atomic mass is 10.1. The van der Waals surface area contributed by atoms with Crippen LogP contribution in [-0.4, -0.2) is 35.5 Å². The van der Waals surface area contributed by atoms with Crippen molar-refractivity contribution in [3.63, 3.8) is 0 Å². The fourth-order valence-electron chi connectivity index (χ4n) is 3.13. The lowest BCUT2D eigenvalue weighted by molar-refractivity contribution is -0.114. The van der Waals surface area contributed by atoms with E-state index in [1.807, 2.05) is 19.1 Å². The van der Waals surface area contributed by atoms with E-state index in [4.69, 9.17) is 0 Å². The summed E-state index contributed by atoms with van der Waals surface area (Å²) in [6.07, 6.45) is 0.870. The molecule has 3 aromatic carbocycles. The Kier molecular flexibility index (Phi) is 7.27. The number of para-hydroxylation sites is 1. The van der Waals surface area contributed by atoms with Gasteiger partial charge in [-0.3, -0.25) is 13.8 Å². The third-order valence-corrected chi connectivity index (χ3v) is 7.40. The maximum Gasteiger partial charge on any atom is 0.261 e. The number of aryl methyl sites for hydroxylation is 2. The van der Waals surface area contributed by atoms with Crippen LogP contribution in [0.5, 0.6) is 0 Å². The Balaban J connectivity index is 1.74. The van der Waals surface area contributed by atoms with Gasteiger partial charge in [0.25, 0.3) is 10.0 Å². The average Bonchev–Trinajstić information content (AvgIpc) is 2.75. The van der Waals surface area contributed by atoms with E-state index in [-0.39, 0.29) is 16.3 Å². The number of amides is 1. The van der Waals surface area contributed by atoms with Crippen LogP contribution < -0.4 is 14.3 Å². The molecule has 1 amide bonds. The fraction of sp³-hybridized carbons (Fsp3) is 0.174. The molecule has 3 rings (SSSR count). The highest BCUT2D eigenvalue weighted by molar-refractivity contribution is 7.92. The Morgan fingerprint density at radius 1 is 0.941 bits per heavy atom. The molecule has 11 heteroatoms. The number of benzene rings is 3. The number of carbonyl (C=O) groups is 1. The first-order valence-corrected chi connectivity index (χ1v) is 13.4. The summed E-state index contributed by atoms with van der Waals surface area (Å²) in [5, 5.41) is 2.50. The minimum absolute atomic E-state index is 0.0180. The molecule has 34 heavy (non-hydrogen) atoms. The number of carbonyl (C=O) groups excluding carboxylic acids is 1. The van der Waals surface area contributed by atoms with Gasteiger partial charge in [-0.15, -0.1) is 0 Å². The monoisotopic (exact) mass is 505 g/mol. The predicted octanol–water partition coefficient (Wildman–Crippen LogP) is 3.65. The standard InChI is InChI=1S/C23H24FN3O5S2/c1-16-8-9-17(2)21(14-16)26-34(31,32)19-12-10-18(11-13-19)25-23(28)15-27(33(3,29)30)22-7-5-4-6-20(22)24/h4-14,26H,15H2,1-3H3,(H,25,28). The van der Waals surface area contributed by atoms with Gasteiger partial charge in [0, 0.05) is 5.69 Å². The summed E-state index contributed by atoms with van der Waals surface area (Å²) in [6, 6.07) is 16.0. The maximum atomic E-state index is 14.1. The zero-order chi connectivity index (χ0) is 25.1. The minimum atomic E-state index is -3.95. The molecule has 0 spiro atoms. The third-order valence-electron chi connectivity index (χ3n) is 4.89. The first-order chi connectivity index (χ1) is 15.9. The van der Waals surface area contributed by atoms with Crippen molar-refractivity contribution in [1.82, 2.24) is 0 Å². The lowest BCUT2D eigenvalue weighted by Crippen LogP contribution is -2.38. The first-order valence-electron chi connectivity index (χ1n) is 10.1. The molecule has 0 heterocycles. The first kappa shape index (κ1) is 25.2. The van der Waals surface area contributed by atoms with Crippen LogP contribution in [0.2, 0.25) is 0 Å². The van der Waals surface area contributed by atoms with Gasteiger partial charge in [-0.2, -0.15) is 0 Å². The van der Waals surface area contributed by atoms with Crippen molar-refractivity contribution in [2.24, 2.45) is 0 Å². The third kappa shape index (κ3) is 6.12. The second-order valence-corrected chi connectivity index (χ2v) is 11.3. The van der Waals surface area contributed by atoms with E-state index in [2.05, 4.69) is 10.0 Å². The molecule has 0 aromatic heterocycles. The molecule has 0 unspecified atom stereocenters. The molecule has 0 saturated carbocycles. The van der Waals surface area contributed by atoms with E-state index in [1.54, 1.807) is 13.0 Å². The smallest absolute Gasteiger partial charge is 0.261 e. The normalized spacial score (nSPS) is 11.6. The van der Waals surface area contributed by atoms with E-state index in [0.29, 0.717) is 9.99 Å². The van der Waals surface area contributed by atoms with Crippen molar-refractivity contribution >= 4 is 43.0 Å². The van der Waals surface area contributed by atoms with Crippen LogP contribution in [0.15, 0.2) is 71.6 Å². The van der Waals surface area contributed by atoms with Crippen LogP contribution in [0.4, 0.5) is 21.5 Å². The summed E-state index contributed by atoms with van der Waals surface area (Å²) in [4.78, 5) is 12.5. The molecule has 0 atom stereocenters. The highest BCUT2D eigenvalue weighted by Gasteiger charge is 2.23. The number of rotatable bonds is 8. The number of hydrogen-bond acceptors (Lipinski definition) is 5. The quantitative estimate of drug-likeness (QED) is 0.485. The Hall–Kier alpha value is -3.44. The van der Waals surface area contributed by atoms with Crippen molar-refractivity contribution in [2.75, 3.05) is 27.1 Å². The maximum absolute atomic E-state index is 14.1. The van der Waals surface area contributed by atoms with Gasteiger partial charge in [0.2, 0.25) is 15.9 Å². The van der Waals surface area contributed by atoms with Crippen molar-refractivity contribution in [2.45, 2.75) is 18.7 Å². The zero-order valence-electron chi connectivity index (χ0n) is 18.7. The summed E-state index contributed by atoms with van der Waals surface area (Å²) in [7, 11) is -7.81. The summed E-state index contributed by atoms with van der Waals surface area (Å²) in [5.41, 5.74) is 2.13. The minimum Gasteiger partial charge on any atom is -0.325 e. The molecule has 0 aliphatic rings. The molecule has 2 N–H and O–H groups in total. The van der Waals surface area contributed by atoms with Gasteiger partial charge in [0.05, 0.1) is 22.5 Å². The number of nitrogens with one attached hydrogen (secondary N) is 2. The zero-order valence-corrected chi connectivity index (χ0v) is 20.4. The van der Waals surface area contributed by atoms with Crippen LogP contribution in [-0.2, 0) is 24.8 Å². The van der Waals surface area contributed by atoms with Gasteiger partial charge >= 0.3 is 0 Å². The van der Waals surface area contributed by atoms with Crippen LogP contribution in [0.25, 0.3) is 0 Å². The van der Waals surface area contributed by atoms with Gasteiger partial charge < -0.3 is 5.32 Å². The van der Waals surface area contributed by atoms with Gasteiger partial charge in [-0.25, -0.2) is 21.2 Å². The van der Waals surface area contributed by atoms with Crippen molar-refractivity contribution in [3.05, 3.63) is 83.7 Å². The summed E-state index contributed by atoms with van der Waals surface area (Å²) < 4.78 is 67.0. The van der Waals surface area contributed by atoms with Gasteiger partial charge in [0.1, 0.15) is 12.4 Å². The molecule has 3 aromatic rings. The molecule has 0 aliphatic heterocycles. The van der Waals surface area contributed by atoms with Crippen LogP contribution in [0.1, 0.15) is 11.1 Å². The molecule has 0 aliphatic carbocycles. The van der Waals surface area contributed by atoms with E-state index in [0.717, 1.165) is 23.4 Å². The van der Waals surface area contributed by atoms with Crippen LogP contribution in [0, 0.1) is 19.7 Å². The second-order valence-electron chi connectivity index (χ2n) is 7.72. The molecule has 0 saturated heterocycles. The summed E-state index contributed by atoms with van der Waals surface area (Å²) in [5.74, 6) is -1.51. The van der Waals surface area contributed by atoms with Gasteiger partial charge in [-0.1, -0.05) is 24.3 Å². The number of halogens is 1. The van der Waals surface area contributed by atoms with Gasteiger partial charge in [0.15, 0.2) is 0 Å². The van der Waals surface area contributed by atoms with Crippen LogP contribution >= 0.6 is 0 Å². The van der Waals surface area contributed by atoms with Crippen molar-refractivity contribution in [1.29, 1.82) is 0 Å². The number of anilines is 3. The fourth-order valence-corrected chi connectivity index (χ4v) is 5.11. The largest absolute Gasteiger partial charge is 0.325 e. The molecule has 0 fully saturated rings. The summed E-state index contributed by atoms with van der Waals surface area (Å²) >= 11 is 0. The molecular formula is C23H24FN3O5S2. The van der Waals surface area contributed by atoms with Crippen molar-refractivity contribution in [3.8, 4) is 0 Å². The van der Waals surface area contributed by atoms with Crippen LogP contribution in [0.3, 0.4) is 0 Å². The average molecular weight is 506 g/mol. The Labute approximate surface area is 198 Å². The molecule has 0 radical (unpaired) electrons. The SMILES string of the molecule is Cc1ccc(C)c(NS(=O)(=O)c2ccc(NC(=O)CN(c3ccccc3F)S(C)(=O)=O)cc2)c1. The highest BCUT2D eigenvalue weighted by Crippen LogP contribution is 2.23.